The highest BCUT2D eigenvalue weighted by molar-refractivity contribution is 5.83. The van der Waals surface area contributed by atoms with Gasteiger partial charge in [0.05, 0.1) is 11.2 Å². The van der Waals surface area contributed by atoms with Crippen molar-refractivity contribution in [2.24, 2.45) is 0 Å². The molecule has 3 atom stereocenters. The Morgan fingerprint density at radius 2 is 1.91 bits per heavy atom. The van der Waals surface area contributed by atoms with Gasteiger partial charge in [0.25, 0.3) is 0 Å². The molecule has 34 heavy (non-hydrogen) atoms. The molecule has 9 heteroatoms. The van der Waals surface area contributed by atoms with Crippen LogP contribution in [0.5, 0.6) is 11.5 Å². The highest BCUT2D eigenvalue weighted by atomic mass is 19.4. The number of piperidine rings is 1. The van der Waals surface area contributed by atoms with E-state index in [2.05, 4.69) is 9.88 Å². The van der Waals surface area contributed by atoms with Gasteiger partial charge in [-0.3, -0.25) is 4.90 Å². The van der Waals surface area contributed by atoms with Gasteiger partial charge in [-0.1, -0.05) is 12.1 Å². The Labute approximate surface area is 194 Å². The van der Waals surface area contributed by atoms with E-state index >= 15 is 0 Å². The Morgan fingerprint density at radius 1 is 1.15 bits per heavy atom. The summed E-state index contributed by atoms with van der Waals surface area (Å²) >= 11 is 0. The molecule has 0 aliphatic carbocycles. The van der Waals surface area contributed by atoms with Gasteiger partial charge in [-0.2, -0.15) is 13.2 Å². The van der Waals surface area contributed by atoms with E-state index in [0.29, 0.717) is 60.0 Å². The molecule has 6 nitrogen and oxygen atoms in total. The van der Waals surface area contributed by atoms with Crippen LogP contribution in [0.4, 0.5) is 13.2 Å². The van der Waals surface area contributed by atoms with Crippen LogP contribution in [0.25, 0.3) is 11.1 Å². The molecule has 1 aromatic heterocycles. The molecular formula is C25H25F3N2O4. The summed E-state index contributed by atoms with van der Waals surface area (Å²) in [5.41, 5.74) is -0.379. The molecule has 0 saturated carbocycles. The lowest BCUT2D eigenvalue weighted by Crippen LogP contribution is -2.53. The van der Waals surface area contributed by atoms with E-state index < -0.39 is 17.3 Å². The predicted molar refractivity (Wildman–Crippen MR) is 117 cm³/mol. The number of benzene rings is 2. The van der Waals surface area contributed by atoms with E-state index in [1.165, 1.54) is 6.07 Å². The molecule has 3 aromatic rings. The fraction of sp³-hybridized carbons (Fsp3) is 0.480. The minimum absolute atomic E-state index is 0.0617. The van der Waals surface area contributed by atoms with Crippen LogP contribution in [0.3, 0.4) is 0 Å². The monoisotopic (exact) mass is 474 g/mol. The van der Waals surface area contributed by atoms with Crippen LogP contribution in [0.1, 0.15) is 42.7 Å². The van der Waals surface area contributed by atoms with E-state index in [9.17, 15) is 18.3 Å². The van der Waals surface area contributed by atoms with E-state index in [1.54, 1.807) is 13.0 Å². The van der Waals surface area contributed by atoms with E-state index in [-0.39, 0.29) is 18.2 Å². The van der Waals surface area contributed by atoms with Gasteiger partial charge in [0.1, 0.15) is 18.2 Å². The molecule has 0 amide bonds. The largest absolute Gasteiger partial charge is 0.486 e. The van der Waals surface area contributed by atoms with Crippen molar-refractivity contribution in [3.63, 3.8) is 0 Å². The van der Waals surface area contributed by atoms with Crippen LogP contribution in [0, 0.1) is 6.92 Å². The van der Waals surface area contributed by atoms with E-state index in [0.717, 1.165) is 25.0 Å². The number of oxazole rings is 1. The molecule has 3 aliphatic heterocycles. The molecule has 0 spiro atoms. The number of nitrogens with zero attached hydrogens (tertiary/aromatic N) is 2. The molecule has 2 bridgehead atoms. The summed E-state index contributed by atoms with van der Waals surface area (Å²) in [6, 6.07) is 8.91. The summed E-state index contributed by atoms with van der Waals surface area (Å²) in [5, 5.41) is 11.4. The third-order valence-electron chi connectivity index (χ3n) is 7.35. The second-order valence-corrected chi connectivity index (χ2v) is 9.63. The van der Waals surface area contributed by atoms with Crippen molar-refractivity contribution in [1.29, 1.82) is 0 Å². The minimum Gasteiger partial charge on any atom is -0.486 e. The van der Waals surface area contributed by atoms with Gasteiger partial charge in [-0.25, -0.2) is 4.98 Å². The molecule has 2 fully saturated rings. The number of hydrogen-bond donors (Lipinski definition) is 1. The number of alkyl halides is 3. The minimum atomic E-state index is -4.44. The second kappa shape index (κ2) is 7.61. The maximum atomic E-state index is 13.2. The molecule has 3 unspecified atom stereocenters. The topological polar surface area (TPSA) is 68.0 Å². The third-order valence-corrected chi connectivity index (χ3v) is 7.35. The zero-order valence-electron chi connectivity index (χ0n) is 18.6. The van der Waals surface area contributed by atoms with Crippen molar-refractivity contribution in [2.45, 2.75) is 62.6 Å². The number of hydrogen-bond acceptors (Lipinski definition) is 6. The number of aliphatic hydroxyl groups is 1. The van der Waals surface area contributed by atoms with Gasteiger partial charge < -0.3 is 19.0 Å². The first-order valence-corrected chi connectivity index (χ1v) is 11.5. The smallest absolute Gasteiger partial charge is 0.416 e. The first-order valence-electron chi connectivity index (χ1n) is 11.5. The van der Waals surface area contributed by atoms with Crippen LogP contribution in [-0.2, 0) is 11.8 Å². The zero-order chi connectivity index (χ0) is 23.7. The van der Waals surface area contributed by atoms with Gasteiger partial charge in [-0.15, -0.1) is 0 Å². The van der Waals surface area contributed by atoms with Gasteiger partial charge in [0, 0.05) is 25.6 Å². The fourth-order valence-corrected chi connectivity index (χ4v) is 5.83. The second-order valence-electron chi connectivity index (χ2n) is 9.63. The SMILES string of the molecule is Cc1nc2ccc3c(c2o1)OC(CN1C2CCC1CC(O)(c1cccc(C(F)(F)F)c1)C2)CO3. The predicted octanol–water partition coefficient (Wildman–Crippen LogP) is 4.81. The maximum absolute atomic E-state index is 13.2. The quantitative estimate of drug-likeness (QED) is 0.588. The molecule has 4 heterocycles. The highest BCUT2D eigenvalue weighted by Crippen LogP contribution is 2.47. The summed E-state index contributed by atoms with van der Waals surface area (Å²) in [7, 11) is 0. The third kappa shape index (κ3) is 3.62. The average molecular weight is 474 g/mol. The molecule has 1 N–H and O–H groups in total. The summed E-state index contributed by atoms with van der Waals surface area (Å²) < 4.78 is 57.6. The Hall–Kier alpha value is -2.78. The number of rotatable bonds is 3. The Kier molecular flexibility index (Phi) is 4.87. The van der Waals surface area contributed by atoms with Crippen molar-refractivity contribution in [2.75, 3.05) is 13.2 Å². The van der Waals surface area contributed by atoms with Gasteiger partial charge in [0.2, 0.25) is 11.3 Å². The number of ether oxygens (including phenoxy) is 2. The summed E-state index contributed by atoms with van der Waals surface area (Å²) in [6.45, 7) is 2.78. The summed E-state index contributed by atoms with van der Waals surface area (Å²) in [6.07, 6.45) is -2.11. The first-order chi connectivity index (χ1) is 16.2. The standard InChI is InChI=1S/C25H25F3N2O4/c1-14-29-20-7-8-21-23(22(20)33-14)34-19(13-32-21)12-30-17-5-6-18(30)11-24(31,10-17)15-3-2-4-16(9-15)25(26,27)28/h2-4,7-9,17-19,31H,5-6,10-13H2,1H3. The maximum Gasteiger partial charge on any atom is 0.416 e. The van der Waals surface area contributed by atoms with Crippen molar-refractivity contribution in [3.05, 3.63) is 53.4 Å². The Balaban J connectivity index is 1.20. The summed E-state index contributed by atoms with van der Waals surface area (Å²) in [5.74, 6) is 1.73. The molecule has 2 aromatic carbocycles. The van der Waals surface area contributed by atoms with Crippen LogP contribution in [-0.4, -0.2) is 46.3 Å². The van der Waals surface area contributed by atoms with Crippen molar-refractivity contribution in [3.8, 4) is 11.5 Å². The molecule has 180 valence electrons. The summed E-state index contributed by atoms with van der Waals surface area (Å²) in [4.78, 5) is 6.68. The average Bonchev–Trinajstić information content (AvgIpc) is 3.29. The molecule has 3 aliphatic rings. The number of aromatic nitrogens is 1. The lowest BCUT2D eigenvalue weighted by atomic mass is 9.80. The van der Waals surface area contributed by atoms with E-state index in [1.807, 2.05) is 12.1 Å². The number of fused-ring (bicyclic) bond motifs is 5. The fourth-order valence-electron chi connectivity index (χ4n) is 5.83. The first kappa shape index (κ1) is 21.7. The van der Waals surface area contributed by atoms with Crippen molar-refractivity contribution in [1.82, 2.24) is 9.88 Å². The number of halogens is 3. The zero-order valence-corrected chi connectivity index (χ0v) is 18.6. The van der Waals surface area contributed by atoms with Crippen molar-refractivity contribution < 1.29 is 32.2 Å². The van der Waals surface area contributed by atoms with E-state index in [4.69, 9.17) is 13.9 Å². The van der Waals surface area contributed by atoms with Gasteiger partial charge in [-0.05, 0) is 55.5 Å². The Bertz CT molecular complexity index is 1230. The van der Waals surface area contributed by atoms with Crippen LogP contribution in [0.2, 0.25) is 0 Å². The van der Waals surface area contributed by atoms with Crippen LogP contribution >= 0.6 is 0 Å². The highest BCUT2D eigenvalue weighted by Gasteiger charge is 2.49. The molecule has 2 saturated heterocycles. The molecular weight excluding hydrogens is 449 g/mol. The number of aryl methyl sites for hydroxylation is 1. The lowest BCUT2D eigenvalue weighted by Gasteiger charge is -2.45. The normalized spacial score (nSPS) is 29.0. The molecule has 0 radical (unpaired) electrons. The van der Waals surface area contributed by atoms with Crippen LogP contribution < -0.4 is 9.47 Å². The van der Waals surface area contributed by atoms with Gasteiger partial charge >= 0.3 is 6.18 Å². The lowest BCUT2D eigenvalue weighted by molar-refractivity contribution is -0.137. The van der Waals surface area contributed by atoms with Crippen LogP contribution in [0.15, 0.2) is 40.8 Å². The van der Waals surface area contributed by atoms with Gasteiger partial charge in [0.15, 0.2) is 11.6 Å². The van der Waals surface area contributed by atoms with Crippen molar-refractivity contribution >= 4 is 11.1 Å². The Morgan fingerprint density at radius 3 is 2.65 bits per heavy atom. The molecule has 6 rings (SSSR count).